The van der Waals surface area contributed by atoms with Gasteiger partial charge < -0.3 is 29.7 Å². The van der Waals surface area contributed by atoms with Gasteiger partial charge in [-0.3, -0.25) is 19.2 Å². The molecular formula is C33H40BrN3O7. The van der Waals surface area contributed by atoms with Crippen LogP contribution in [0.25, 0.3) is 0 Å². The summed E-state index contributed by atoms with van der Waals surface area (Å²) in [7, 11) is 0. The lowest BCUT2D eigenvalue weighted by Gasteiger charge is -2.40. The molecule has 4 heterocycles. The minimum atomic E-state index is -1.32. The summed E-state index contributed by atoms with van der Waals surface area (Å²) in [6.45, 7) is 0.319. The summed E-state index contributed by atoms with van der Waals surface area (Å²) in [5, 5.41) is 12.7. The Balaban J connectivity index is 1.42. The number of carbonyl (C=O) groups excluding carboxylic acids is 4. The van der Waals surface area contributed by atoms with Gasteiger partial charge in [-0.1, -0.05) is 77.7 Å². The highest BCUT2D eigenvalue weighted by Gasteiger charge is 2.74. The normalized spacial score (nSPS) is 34.0. The van der Waals surface area contributed by atoms with E-state index >= 15 is 0 Å². The molecule has 5 bridgehead atoms. The number of cyclic esters (lactones) is 1. The predicted molar refractivity (Wildman–Crippen MR) is 164 cm³/mol. The zero-order chi connectivity index (χ0) is 30.8. The second kappa shape index (κ2) is 13.1. The molecule has 3 amide bonds. The number of fused-ring (bicyclic) bond motifs is 2. The van der Waals surface area contributed by atoms with E-state index in [0.29, 0.717) is 23.9 Å². The smallest absolute Gasteiger partial charge is 0.306 e. The number of ether oxygens (including phenoxy) is 2. The molecule has 2 saturated heterocycles. The van der Waals surface area contributed by atoms with Crippen LogP contribution in [0.3, 0.4) is 0 Å². The van der Waals surface area contributed by atoms with Gasteiger partial charge in [0.25, 0.3) is 0 Å². The van der Waals surface area contributed by atoms with Crippen LogP contribution < -0.4 is 5.32 Å². The van der Waals surface area contributed by atoms with Crippen LogP contribution in [0.2, 0.25) is 0 Å². The molecule has 1 spiro atoms. The Morgan fingerprint density at radius 1 is 1.02 bits per heavy atom. The van der Waals surface area contributed by atoms with Gasteiger partial charge >= 0.3 is 5.97 Å². The first-order chi connectivity index (χ1) is 21.4. The number of hydrogen-bond donors (Lipinski definition) is 2. The van der Waals surface area contributed by atoms with Gasteiger partial charge in [-0.2, -0.15) is 0 Å². The number of nitrogens with zero attached hydrogens (tertiary/aromatic N) is 2. The average Bonchev–Trinajstić information content (AvgIpc) is 3.63. The summed E-state index contributed by atoms with van der Waals surface area (Å²) in [4.78, 5) is 59.3. The Kier molecular flexibility index (Phi) is 9.26. The van der Waals surface area contributed by atoms with Gasteiger partial charge in [-0.15, -0.1) is 0 Å². The molecule has 11 heteroatoms. The zero-order valence-corrected chi connectivity index (χ0v) is 26.3. The first-order valence-electron chi connectivity index (χ1n) is 15.8. The zero-order valence-electron chi connectivity index (χ0n) is 24.7. The Bertz CT molecular complexity index is 1330. The van der Waals surface area contributed by atoms with Gasteiger partial charge in [0, 0.05) is 36.6 Å². The number of aliphatic hydroxyl groups is 1. The number of likely N-dealkylation sites (tertiary alicyclic amines) is 1. The van der Waals surface area contributed by atoms with Crippen molar-refractivity contribution in [2.75, 3.05) is 26.3 Å². The third-order valence-corrected chi connectivity index (χ3v) is 10.4. The summed E-state index contributed by atoms with van der Waals surface area (Å²) < 4.78 is 12.9. The van der Waals surface area contributed by atoms with Crippen molar-refractivity contribution in [3.05, 3.63) is 58.6 Å². The van der Waals surface area contributed by atoms with E-state index in [1.54, 1.807) is 4.90 Å². The molecule has 5 aliphatic rings. The lowest BCUT2D eigenvalue weighted by atomic mass is 9.73. The molecule has 1 aliphatic carbocycles. The van der Waals surface area contributed by atoms with Crippen molar-refractivity contribution < 1.29 is 33.8 Å². The molecular weight excluding hydrogens is 630 g/mol. The molecule has 2 N–H and O–H groups in total. The molecule has 1 aromatic carbocycles. The van der Waals surface area contributed by atoms with E-state index in [0.717, 1.165) is 37.7 Å². The van der Waals surface area contributed by atoms with E-state index in [1.807, 2.05) is 53.5 Å². The fraction of sp³-hybridized carbons (Fsp3) is 0.576. The van der Waals surface area contributed by atoms with Gasteiger partial charge in [-0.05, 0) is 37.3 Å². The number of allylic oxidation sites excluding steroid dienone is 1. The summed E-state index contributed by atoms with van der Waals surface area (Å²) >= 11 is 3.61. The van der Waals surface area contributed by atoms with Crippen LogP contribution >= 0.6 is 15.9 Å². The minimum Gasteiger partial charge on any atom is -0.463 e. The standard InChI is InChI=1S/C33H40BrN3O7/c34-23-19-33-27-26(28(23)44-33)30(40)35-24(21-11-4-1-5-12-21)20-43-25(39)15-8-3-9-16-36(22-13-6-2-7-14-22)32(42)29(33)37(31(27)41)17-10-18-38/h1,3-5,9,11-12,19,22,24,26-29,38H,2,6-8,10,13-18,20H2,(H,35,40)/b9-3-/t24-,26-,27+,28-,29-,33+/m0/s1. The van der Waals surface area contributed by atoms with Gasteiger partial charge in [0.2, 0.25) is 17.7 Å². The van der Waals surface area contributed by atoms with Crippen LogP contribution in [0.4, 0.5) is 0 Å². The average molecular weight is 671 g/mol. The van der Waals surface area contributed by atoms with Gasteiger partial charge in [0.15, 0.2) is 0 Å². The number of aliphatic hydroxyl groups excluding tert-OH is 1. The molecule has 236 valence electrons. The number of halogens is 1. The lowest BCUT2D eigenvalue weighted by Crippen LogP contribution is -2.58. The van der Waals surface area contributed by atoms with Crippen molar-refractivity contribution in [3.63, 3.8) is 0 Å². The summed E-state index contributed by atoms with van der Waals surface area (Å²) in [5.74, 6) is -3.14. The number of amides is 3. The predicted octanol–water partition coefficient (Wildman–Crippen LogP) is 3.15. The number of hydrogen-bond acceptors (Lipinski definition) is 7. The molecule has 4 aliphatic heterocycles. The molecule has 44 heavy (non-hydrogen) atoms. The highest BCUT2D eigenvalue weighted by molar-refractivity contribution is 9.11. The highest BCUT2D eigenvalue weighted by atomic mass is 79.9. The quantitative estimate of drug-likeness (QED) is 0.365. The molecule has 0 aromatic heterocycles. The van der Waals surface area contributed by atoms with Crippen LogP contribution in [0.1, 0.15) is 63.0 Å². The molecule has 0 radical (unpaired) electrons. The second-order valence-electron chi connectivity index (χ2n) is 12.4. The Labute approximate surface area is 265 Å². The first-order valence-corrected chi connectivity index (χ1v) is 16.6. The lowest BCUT2D eigenvalue weighted by molar-refractivity contribution is -0.149. The Hall–Kier alpha value is -3.02. The molecule has 1 aromatic rings. The van der Waals surface area contributed by atoms with Crippen molar-refractivity contribution in [3.8, 4) is 0 Å². The summed E-state index contributed by atoms with van der Waals surface area (Å²) in [6, 6.07) is 7.66. The fourth-order valence-electron chi connectivity index (χ4n) is 7.68. The third kappa shape index (κ3) is 5.63. The third-order valence-electron chi connectivity index (χ3n) is 9.73. The Morgan fingerprint density at radius 3 is 2.55 bits per heavy atom. The maximum atomic E-state index is 14.8. The number of benzene rings is 1. The van der Waals surface area contributed by atoms with E-state index < -0.39 is 41.5 Å². The van der Waals surface area contributed by atoms with E-state index in [9.17, 15) is 24.3 Å². The maximum absolute atomic E-state index is 14.8. The van der Waals surface area contributed by atoms with Crippen LogP contribution in [-0.2, 0) is 28.7 Å². The van der Waals surface area contributed by atoms with Crippen molar-refractivity contribution in [2.24, 2.45) is 11.8 Å². The van der Waals surface area contributed by atoms with Crippen LogP contribution in [0.5, 0.6) is 0 Å². The Morgan fingerprint density at radius 2 is 1.80 bits per heavy atom. The van der Waals surface area contributed by atoms with Gasteiger partial charge in [0.05, 0.1) is 17.9 Å². The van der Waals surface area contributed by atoms with E-state index in [2.05, 4.69) is 21.2 Å². The topological polar surface area (TPSA) is 125 Å². The van der Waals surface area contributed by atoms with Crippen molar-refractivity contribution >= 4 is 39.6 Å². The van der Waals surface area contributed by atoms with E-state index in [-0.39, 0.29) is 50.0 Å². The fourth-order valence-corrected chi connectivity index (χ4v) is 8.41. The van der Waals surface area contributed by atoms with Crippen LogP contribution in [0.15, 0.2) is 53.0 Å². The molecule has 6 atom stereocenters. The molecule has 6 rings (SSSR count). The first kappa shape index (κ1) is 31.0. The number of nitrogens with one attached hydrogen (secondary N) is 1. The molecule has 1 saturated carbocycles. The summed E-state index contributed by atoms with van der Waals surface area (Å²) in [5.41, 5.74) is -0.563. The monoisotopic (exact) mass is 669 g/mol. The van der Waals surface area contributed by atoms with Gasteiger partial charge in [-0.25, -0.2) is 0 Å². The SMILES string of the molecule is O=C1CC/C=C\CN(C2CCCCC2)C(=O)[C@@H]2N(CCCO)C(=O)[C@H]3[C@H](C(=O)N[C@H](c4ccccc4)CO1)[C@H]1O[C@@]23C=C1Br. The molecule has 10 nitrogen and oxygen atoms in total. The van der Waals surface area contributed by atoms with Crippen molar-refractivity contribution in [2.45, 2.75) is 81.2 Å². The number of rotatable bonds is 5. The van der Waals surface area contributed by atoms with Crippen LogP contribution in [0, 0.1) is 11.8 Å². The molecule has 0 unspecified atom stereocenters. The van der Waals surface area contributed by atoms with Gasteiger partial charge in [0.1, 0.15) is 24.4 Å². The highest BCUT2D eigenvalue weighted by Crippen LogP contribution is 2.58. The number of esters is 1. The van der Waals surface area contributed by atoms with Crippen LogP contribution in [-0.4, -0.2) is 88.7 Å². The second-order valence-corrected chi connectivity index (χ2v) is 13.3. The molecule has 3 fully saturated rings. The van der Waals surface area contributed by atoms with E-state index in [4.69, 9.17) is 9.47 Å². The number of carbonyl (C=O) groups is 4. The summed E-state index contributed by atoms with van der Waals surface area (Å²) in [6.07, 6.45) is 10.7. The van der Waals surface area contributed by atoms with Crippen molar-refractivity contribution in [1.29, 1.82) is 0 Å². The largest absolute Gasteiger partial charge is 0.463 e. The maximum Gasteiger partial charge on any atom is 0.306 e. The minimum absolute atomic E-state index is 0.00921. The van der Waals surface area contributed by atoms with Crippen molar-refractivity contribution in [1.82, 2.24) is 15.1 Å². The van der Waals surface area contributed by atoms with E-state index in [1.165, 1.54) is 0 Å².